The van der Waals surface area contributed by atoms with Gasteiger partial charge < -0.3 is 10.4 Å². The average molecular weight is 255 g/mol. The van der Waals surface area contributed by atoms with Gasteiger partial charge in [-0.1, -0.05) is 0 Å². The second-order valence-electron chi connectivity index (χ2n) is 4.95. The number of carbonyl (C=O) groups excluding carboxylic acids is 1. The molecule has 1 rings (SSSR count). The number of thiophene rings is 1. The normalized spacial score (nSPS) is 13.1. The first kappa shape index (κ1) is 13.7. The summed E-state index contributed by atoms with van der Waals surface area (Å²) in [5.41, 5.74) is 0.348. The van der Waals surface area contributed by atoms with E-state index < -0.39 is 11.9 Å². The van der Waals surface area contributed by atoms with Crippen LogP contribution in [0.15, 0.2) is 16.8 Å². The third-order valence-corrected chi connectivity index (χ3v) is 2.85. The van der Waals surface area contributed by atoms with Crippen LogP contribution in [0, 0.1) is 0 Å². The Labute approximate surface area is 105 Å². The fraction of sp³-hybridized carbons (Fsp3) is 0.500. The number of carbonyl (C=O) groups is 2. The van der Waals surface area contributed by atoms with Crippen molar-refractivity contribution in [1.29, 1.82) is 0 Å². The molecule has 1 atom stereocenters. The van der Waals surface area contributed by atoms with Gasteiger partial charge in [-0.15, -0.1) is 0 Å². The largest absolute Gasteiger partial charge is 0.481 e. The summed E-state index contributed by atoms with van der Waals surface area (Å²) in [6.07, 6.45) is -0.0245. The lowest BCUT2D eigenvalue weighted by molar-refractivity contribution is -0.141. The van der Waals surface area contributed by atoms with Crippen LogP contribution >= 0.6 is 11.3 Å². The van der Waals surface area contributed by atoms with Crippen LogP contribution < -0.4 is 5.32 Å². The summed E-state index contributed by atoms with van der Waals surface area (Å²) in [4.78, 5) is 22.8. The number of hydrogen-bond donors (Lipinski definition) is 2. The maximum absolute atomic E-state index is 11.7. The molecule has 0 saturated heterocycles. The maximum Gasteiger partial charge on any atom is 0.311 e. The zero-order chi connectivity index (χ0) is 13.1. The molecule has 94 valence electrons. The molecule has 1 amide bonds. The number of carboxylic acids is 1. The summed E-state index contributed by atoms with van der Waals surface area (Å²) in [6, 6.07) is 1.74. The van der Waals surface area contributed by atoms with E-state index in [0.717, 1.165) is 0 Å². The summed E-state index contributed by atoms with van der Waals surface area (Å²) >= 11 is 1.43. The highest BCUT2D eigenvalue weighted by molar-refractivity contribution is 7.08. The van der Waals surface area contributed by atoms with Crippen molar-refractivity contribution in [2.45, 2.75) is 38.6 Å². The van der Waals surface area contributed by atoms with Gasteiger partial charge in [0, 0.05) is 12.0 Å². The number of aliphatic carboxylic acids is 1. The van der Waals surface area contributed by atoms with Crippen molar-refractivity contribution in [2.75, 3.05) is 0 Å². The van der Waals surface area contributed by atoms with Crippen molar-refractivity contribution in [3.05, 3.63) is 22.4 Å². The van der Waals surface area contributed by atoms with E-state index in [1.54, 1.807) is 11.4 Å². The summed E-state index contributed by atoms with van der Waals surface area (Å²) < 4.78 is 0. The van der Waals surface area contributed by atoms with E-state index in [-0.39, 0.29) is 17.9 Å². The fourth-order valence-corrected chi connectivity index (χ4v) is 2.19. The Kier molecular flexibility index (Phi) is 4.28. The van der Waals surface area contributed by atoms with E-state index in [9.17, 15) is 9.59 Å². The van der Waals surface area contributed by atoms with Gasteiger partial charge in [-0.05, 0) is 43.2 Å². The number of nitrogens with one attached hydrogen (secondary N) is 1. The summed E-state index contributed by atoms with van der Waals surface area (Å²) in [6.45, 7) is 5.60. The number of carboxylic acid groups (broad SMARTS) is 1. The molecule has 0 radical (unpaired) electrons. The molecule has 17 heavy (non-hydrogen) atoms. The highest BCUT2D eigenvalue weighted by atomic mass is 32.1. The van der Waals surface area contributed by atoms with E-state index in [4.69, 9.17) is 5.11 Å². The average Bonchev–Trinajstić information content (AvgIpc) is 2.63. The molecule has 0 aliphatic heterocycles. The molecule has 0 bridgehead atoms. The van der Waals surface area contributed by atoms with Crippen LogP contribution in [0.1, 0.15) is 38.7 Å². The van der Waals surface area contributed by atoms with E-state index in [1.807, 2.05) is 26.2 Å². The van der Waals surface area contributed by atoms with E-state index in [1.165, 1.54) is 11.3 Å². The molecule has 1 aromatic rings. The Hall–Kier alpha value is -1.36. The molecule has 0 spiro atoms. The highest BCUT2D eigenvalue weighted by Gasteiger charge is 2.25. The molecule has 0 unspecified atom stereocenters. The van der Waals surface area contributed by atoms with Crippen molar-refractivity contribution >= 4 is 23.2 Å². The van der Waals surface area contributed by atoms with Crippen LogP contribution in [0.3, 0.4) is 0 Å². The van der Waals surface area contributed by atoms with Crippen LogP contribution in [0.4, 0.5) is 0 Å². The number of rotatable bonds is 4. The lowest BCUT2D eigenvalue weighted by Gasteiger charge is -2.21. The second kappa shape index (κ2) is 5.31. The van der Waals surface area contributed by atoms with Crippen LogP contribution in [-0.2, 0) is 9.59 Å². The zero-order valence-electron chi connectivity index (χ0n) is 10.2. The van der Waals surface area contributed by atoms with Crippen LogP contribution in [0.25, 0.3) is 0 Å². The molecule has 2 N–H and O–H groups in total. The first-order valence-electron chi connectivity index (χ1n) is 5.35. The predicted octanol–water partition coefficient (Wildman–Crippen LogP) is 2.22. The van der Waals surface area contributed by atoms with Crippen LogP contribution in [0.5, 0.6) is 0 Å². The standard InChI is InChI=1S/C12H17NO3S/c1-12(2,3)13-10(14)6-9(11(15)16)8-4-5-17-7-8/h4-5,7,9H,6H2,1-3H3,(H,13,14)(H,15,16)/t9-/m1/s1. The molecule has 0 fully saturated rings. The predicted molar refractivity (Wildman–Crippen MR) is 67.2 cm³/mol. The minimum atomic E-state index is -0.965. The molecular weight excluding hydrogens is 238 g/mol. The van der Waals surface area contributed by atoms with Gasteiger partial charge >= 0.3 is 5.97 Å². The van der Waals surface area contributed by atoms with Gasteiger partial charge in [0.05, 0.1) is 5.92 Å². The molecule has 1 aromatic heterocycles. The van der Waals surface area contributed by atoms with Crippen molar-refractivity contribution < 1.29 is 14.7 Å². The van der Waals surface area contributed by atoms with E-state index >= 15 is 0 Å². The Balaban J connectivity index is 2.69. The molecule has 0 aliphatic rings. The Morgan fingerprint density at radius 3 is 2.53 bits per heavy atom. The van der Waals surface area contributed by atoms with Crippen LogP contribution in [-0.4, -0.2) is 22.5 Å². The summed E-state index contributed by atoms with van der Waals surface area (Å²) in [5, 5.41) is 15.5. The van der Waals surface area contributed by atoms with Gasteiger partial charge in [-0.3, -0.25) is 9.59 Å². The molecule has 5 heteroatoms. The van der Waals surface area contributed by atoms with Crippen molar-refractivity contribution in [1.82, 2.24) is 5.32 Å². The quantitative estimate of drug-likeness (QED) is 0.867. The molecule has 0 aromatic carbocycles. The minimum Gasteiger partial charge on any atom is -0.481 e. The first-order valence-corrected chi connectivity index (χ1v) is 6.30. The molecule has 4 nitrogen and oxygen atoms in total. The topological polar surface area (TPSA) is 66.4 Å². The van der Waals surface area contributed by atoms with Gasteiger partial charge in [0.15, 0.2) is 0 Å². The molecule has 0 saturated carbocycles. The summed E-state index contributed by atoms with van der Waals surface area (Å²) in [7, 11) is 0. The zero-order valence-corrected chi connectivity index (χ0v) is 11.0. The van der Waals surface area contributed by atoms with E-state index in [0.29, 0.717) is 5.56 Å². The van der Waals surface area contributed by atoms with Gasteiger partial charge in [0.2, 0.25) is 5.91 Å². The summed E-state index contributed by atoms with van der Waals surface area (Å²) in [5.74, 6) is -1.97. The lowest BCUT2D eigenvalue weighted by atomic mass is 9.97. The number of amides is 1. The third kappa shape index (κ3) is 4.56. The SMILES string of the molecule is CC(C)(C)NC(=O)C[C@@H](C(=O)O)c1ccsc1. The third-order valence-electron chi connectivity index (χ3n) is 2.15. The van der Waals surface area contributed by atoms with Crippen LogP contribution in [0.2, 0.25) is 0 Å². The second-order valence-corrected chi connectivity index (χ2v) is 5.73. The van der Waals surface area contributed by atoms with Gasteiger partial charge in [0.1, 0.15) is 0 Å². The Morgan fingerprint density at radius 1 is 1.47 bits per heavy atom. The maximum atomic E-state index is 11.7. The first-order chi connectivity index (χ1) is 7.79. The Bertz CT molecular complexity index is 392. The van der Waals surface area contributed by atoms with Gasteiger partial charge in [-0.25, -0.2) is 0 Å². The minimum absolute atomic E-state index is 0.0245. The smallest absolute Gasteiger partial charge is 0.311 e. The van der Waals surface area contributed by atoms with Crippen molar-refractivity contribution in [3.63, 3.8) is 0 Å². The van der Waals surface area contributed by atoms with Gasteiger partial charge in [-0.2, -0.15) is 11.3 Å². The molecule has 1 heterocycles. The highest BCUT2D eigenvalue weighted by Crippen LogP contribution is 2.22. The lowest BCUT2D eigenvalue weighted by Crippen LogP contribution is -2.41. The van der Waals surface area contributed by atoms with Crippen molar-refractivity contribution in [2.24, 2.45) is 0 Å². The fourth-order valence-electron chi connectivity index (χ4n) is 1.48. The Morgan fingerprint density at radius 2 is 2.12 bits per heavy atom. The molecular formula is C12H17NO3S. The monoisotopic (exact) mass is 255 g/mol. The van der Waals surface area contributed by atoms with Gasteiger partial charge in [0.25, 0.3) is 0 Å². The number of hydrogen-bond acceptors (Lipinski definition) is 3. The van der Waals surface area contributed by atoms with Crippen molar-refractivity contribution in [3.8, 4) is 0 Å². The molecule has 0 aliphatic carbocycles. The van der Waals surface area contributed by atoms with E-state index in [2.05, 4.69) is 5.32 Å².